The van der Waals surface area contributed by atoms with Gasteiger partial charge in [-0.3, -0.25) is 9.59 Å². The van der Waals surface area contributed by atoms with E-state index in [1.54, 1.807) is 0 Å². The number of hydrogen-bond donors (Lipinski definition) is 1. The molecule has 0 radical (unpaired) electrons. The molecule has 0 saturated carbocycles. The van der Waals surface area contributed by atoms with Gasteiger partial charge in [-0.25, -0.2) is 0 Å². The van der Waals surface area contributed by atoms with Crippen LogP contribution in [-0.4, -0.2) is 29.6 Å². The Labute approximate surface area is 145 Å². The molecule has 0 unspecified atom stereocenters. The zero-order valence-corrected chi connectivity index (χ0v) is 15.3. The molecule has 1 N–H and O–H groups in total. The van der Waals surface area contributed by atoms with Gasteiger partial charge in [0.2, 0.25) is 5.91 Å². The Bertz CT molecular complexity index is 805. The normalized spacial score (nSPS) is 12.1. The summed E-state index contributed by atoms with van der Waals surface area (Å²) in [6, 6.07) is 5.68. The third-order valence-corrected chi connectivity index (χ3v) is 4.41. The first-order valence-corrected chi connectivity index (χ1v) is 8.81. The highest BCUT2D eigenvalue weighted by Gasteiger charge is 2.11. The molecule has 24 heavy (non-hydrogen) atoms. The summed E-state index contributed by atoms with van der Waals surface area (Å²) < 4.78 is 8.40. The molecule has 0 fully saturated rings. The molecule has 6 nitrogen and oxygen atoms in total. The second-order valence-electron chi connectivity index (χ2n) is 5.70. The zero-order chi connectivity index (χ0) is 17.7. The summed E-state index contributed by atoms with van der Waals surface area (Å²) in [4.78, 5) is 28.2. The number of hydrogen-bond acceptors (Lipinski definition) is 4. The molecule has 0 aliphatic heterocycles. The van der Waals surface area contributed by atoms with Crippen LogP contribution in [-0.2, 0) is 20.9 Å². The molecular weight excluding hydrogens is 326 g/mol. The minimum absolute atomic E-state index is 0.116. The van der Waals surface area contributed by atoms with Gasteiger partial charge in [0, 0.05) is 31.7 Å². The van der Waals surface area contributed by atoms with Crippen molar-refractivity contribution in [1.29, 1.82) is 0 Å². The van der Waals surface area contributed by atoms with E-state index in [0.29, 0.717) is 24.6 Å². The number of fused-ring (bicyclic) bond motifs is 1. The molecule has 0 bridgehead atoms. The number of carbonyl (C=O) groups is 2. The molecule has 7 heteroatoms. The van der Waals surface area contributed by atoms with Crippen LogP contribution in [0.4, 0.5) is 5.69 Å². The smallest absolute Gasteiger partial charge is 0.250 e. The number of benzene rings is 1. The molecule has 0 spiro atoms. The summed E-state index contributed by atoms with van der Waals surface area (Å²) in [6.07, 6.45) is 0. The predicted molar refractivity (Wildman–Crippen MR) is 96.0 cm³/mol. The van der Waals surface area contributed by atoms with E-state index < -0.39 is 0 Å². The molecule has 1 aromatic heterocycles. The van der Waals surface area contributed by atoms with Crippen LogP contribution < -0.4 is 10.1 Å². The predicted octanol–water partition coefficient (Wildman–Crippen LogP) is 2.78. The Morgan fingerprint density at radius 3 is 2.75 bits per heavy atom. The molecule has 0 atom stereocenters. The first-order chi connectivity index (χ1) is 11.4. The number of aromatic nitrogens is 1. The fraction of sp³-hybridized carbons (Fsp3) is 0.471. The molecule has 0 aliphatic carbocycles. The zero-order valence-electron chi connectivity index (χ0n) is 14.5. The van der Waals surface area contributed by atoms with E-state index >= 15 is 0 Å². The number of amides is 2. The second-order valence-corrected chi connectivity index (χ2v) is 6.71. The number of anilines is 1. The van der Waals surface area contributed by atoms with Crippen molar-refractivity contribution in [3.63, 3.8) is 0 Å². The lowest BCUT2D eigenvalue weighted by atomic mass is 10.2. The van der Waals surface area contributed by atoms with Crippen molar-refractivity contribution in [2.75, 3.05) is 18.5 Å². The average molecular weight is 349 g/mol. The third kappa shape index (κ3) is 4.52. The average Bonchev–Trinajstić information content (AvgIpc) is 2.83. The summed E-state index contributed by atoms with van der Waals surface area (Å²) >= 11 is 1.44. The molecule has 130 valence electrons. The number of thiazole rings is 1. The maximum atomic E-state index is 12.0. The van der Waals surface area contributed by atoms with Crippen molar-refractivity contribution in [2.24, 2.45) is 10.9 Å². The lowest BCUT2D eigenvalue weighted by molar-refractivity contribution is -0.120. The summed E-state index contributed by atoms with van der Waals surface area (Å²) in [5, 5.41) is 2.77. The van der Waals surface area contributed by atoms with Crippen LogP contribution >= 0.6 is 11.3 Å². The van der Waals surface area contributed by atoms with Crippen molar-refractivity contribution in [3.05, 3.63) is 23.0 Å². The number of carbonyl (C=O) groups excluding carboxylic acids is 2. The quantitative estimate of drug-likeness (QED) is 0.815. The summed E-state index contributed by atoms with van der Waals surface area (Å²) in [5.41, 5.74) is 1.71. The third-order valence-electron chi connectivity index (χ3n) is 3.37. The molecule has 1 heterocycles. The lowest BCUT2D eigenvalue weighted by Gasteiger charge is -2.06. The highest BCUT2D eigenvalue weighted by molar-refractivity contribution is 7.16. The first-order valence-electron chi connectivity index (χ1n) is 7.99. The summed E-state index contributed by atoms with van der Waals surface area (Å²) in [7, 11) is 0. The fourth-order valence-corrected chi connectivity index (χ4v) is 3.28. The van der Waals surface area contributed by atoms with Crippen LogP contribution in [0.15, 0.2) is 23.2 Å². The fourth-order valence-electron chi connectivity index (χ4n) is 2.18. The van der Waals surface area contributed by atoms with Gasteiger partial charge in [0.1, 0.15) is 0 Å². The first kappa shape index (κ1) is 18.4. The highest BCUT2D eigenvalue weighted by atomic mass is 32.1. The van der Waals surface area contributed by atoms with Crippen LogP contribution in [0.2, 0.25) is 0 Å². The van der Waals surface area contributed by atoms with Gasteiger partial charge in [-0.05, 0) is 25.1 Å². The maximum absolute atomic E-state index is 12.0. The molecule has 2 aromatic rings. The lowest BCUT2D eigenvalue weighted by Crippen LogP contribution is -2.20. The maximum Gasteiger partial charge on any atom is 0.250 e. The number of ether oxygens (including phenoxy) is 1. The molecule has 1 aromatic carbocycles. The Hall–Kier alpha value is -1.99. The largest absolute Gasteiger partial charge is 0.380 e. The van der Waals surface area contributed by atoms with Gasteiger partial charge in [-0.2, -0.15) is 4.99 Å². The summed E-state index contributed by atoms with van der Waals surface area (Å²) in [6.45, 7) is 8.91. The van der Waals surface area contributed by atoms with E-state index in [1.165, 1.54) is 18.3 Å². The number of nitrogens with zero attached hydrogens (tertiary/aromatic N) is 2. The van der Waals surface area contributed by atoms with Gasteiger partial charge < -0.3 is 14.6 Å². The van der Waals surface area contributed by atoms with Crippen LogP contribution in [0.1, 0.15) is 27.7 Å². The molecule has 0 saturated heterocycles. The minimum Gasteiger partial charge on any atom is -0.380 e. The van der Waals surface area contributed by atoms with E-state index in [4.69, 9.17) is 4.74 Å². The van der Waals surface area contributed by atoms with E-state index in [1.807, 2.05) is 43.5 Å². The highest BCUT2D eigenvalue weighted by Crippen LogP contribution is 2.22. The van der Waals surface area contributed by atoms with E-state index in [9.17, 15) is 9.59 Å². The van der Waals surface area contributed by atoms with Crippen molar-refractivity contribution >= 4 is 39.1 Å². The monoisotopic (exact) mass is 349 g/mol. The van der Waals surface area contributed by atoms with Gasteiger partial charge in [0.05, 0.1) is 16.8 Å². The standard InChI is InChI=1S/C17H23N3O3S/c1-5-23-9-8-20-14-7-6-13(18-12(4)21)10-15(14)24-17(20)19-16(22)11(2)3/h6-7,10-11H,5,8-9H2,1-4H3,(H,18,21). The molecule has 2 amide bonds. The van der Waals surface area contributed by atoms with E-state index in [-0.39, 0.29) is 17.7 Å². The van der Waals surface area contributed by atoms with Crippen molar-refractivity contribution in [3.8, 4) is 0 Å². The van der Waals surface area contributed by atoms with Gasteiger partial charge in [0.15, 0.2) is 4.80 Å². The molecule has 2 rings (SSSR count). The Morgan fingerprint density at radius 1 is 1.38 bits per heavy atom. The minimum atomic E-state index is -0.148. The Morgan fingerprint density at radius 2 is 2.12 bits per heavy atom. The van der Waals surface area contributed by atoms with E-state index in [0.717, 1.165) is 15.9 Å². The SMILES string of the molecule is CCOCCn1c(=NC(=O)C(C)C)sc2cc(NC(C)=O)ccc21. The van der Waals surface area contributed by atoms with Crippen molar-refractivity contribution < 1.29 is 14.3 Å². The van der Waals surface area contributed by atoms with Gasteiger partial charge in [-0.15, -0.1) is 0 Å². The Balaban J connectivity index is 2.50. The van der Waals surface area contributed by atoms with Crippen LogP contribution in [0.5, 0.6) is 0 Å². The molecular formula is C17H23N3O3S. The van der Waals surface area contributed by atoms with Crippen LogP contribution in [0, 0.1) is 5.92 Å². The van der Waals surface area contributed by atoms with Gasteiger partial charge in [0.25, 0.3) is 5.91 Å². The van der Waals surface area contributed by atoms with E-state index in [2.05, 4.69) is 10.3 Å². The van der Waals surface area contributed by atoms with Crippen LogP contribution in [0.25, 0.3) is 10.2 Å². The van der Waals surface area contributed by atoms with Crippen molar-refractivity contribution in [1.82, 2.24) is 4.57 Å². The summed E-state index contributed by atoms with van der Waals surface area (Å²) in [5.74, 6) is -0.408. The molecule has 0 aliphatic rings. The van der Waals surface area contributed by atoms with Gasteiger partial charge in [-0.1, -0.05) is 25.2 Å². The topological polar surface area (TPSA) is 72.7 Å². The van der Waals surface area contributed by atoms with Crippen LogP contribution in [0.3, 0.4) is 0 Å². The Kier molecular flexibility index (Phi) is 6.28. The number of nitrogens with one attached hydrogen (secondary N) is 1. The van der Waals surface area contributed by atoms with Gasteiger partial charge >= 0.3 is 0 Å². The van der Waals surface area contributed by atoms with Crippen molar-refractivity contribution in [2.45, 2.75) is 34.2 Å². The number of rotatable bonds is 6. The second kappa shape index (κ2) is 8.21.